The van der Waals surface area contributed by atoms with Crippen molar-refractivity contribution >= 4 is 36.8 Å². The lowest BCUT2D eigenvalue weighted by molar-refractivity contribution is -0.385. The van der Waals surface area contributed by atoms with Crippen molar-refractivity contribution in [2.24, 2.45) is 0 Å². The average Bonchev–Trinajstić information content (AvgIpc) is 4.16. The number of benzene rings is 4. The van der Waals surface area contributed by atoms with E-state index < -0.39 is 24.7 Å². The highest BCUT2D eigenvalue weighted by atomic mass is 35.7. The predicted octanol–water partition coefficient (Wildman–Crippen LogP) is 7.21. The number of non-ortho nitro benzene ring substituents is 2. The molecule has 0 saturated heterocycles. The van der Waals surface area contributed by atoms with Crippen LogP contribution in [-0.4, -0.2) is 86.2 Å². The third-order valence-electron chi connectivity index (χ3n) is 8.02. The first-order chi connectivity index (χ1) is 30.7. The van der Waals surface area contributed by atoms with E-state index in [1.165, 1.54) is 45.6 Å². The van der Waals surface area contributed by atoms with Crippen LogP contribution in [0.1, 0.15) is 0 Å². The Kier molecular flexibility index (Phi) is 17.9. The van der Waals surface area contributed by atoms with Gasteiger partial charge in [0, 0.05) is 90.2 Å². The number of nitrogens with zero attached hydrogens (tertiary/aromatic N) is 9. The van der Waals surface area contributed by atoms with E-state index in [4.69, 9.17) is 30.6 Å². The largest absolute Gasteiger partial charge is 0.494 e. The zero-order chi connectivity index (χ0) is 46.6. The first kappa shape index (κ1) is 48.4. The Morgan fingerprint density at radius 2 is 1.06 bits per heavy atom. The average molecular weight is 920 g/mol. The Labute approximate surface area is 368 Å². The molecule has 24 heteroatoms. The zero-order valence-corrected chi connectivity index (χ0v) is 35.8. The molecule has 0 unspecified atom stereocenters. The molecule has 64 heavy (non-hydrogen) atoms. The highest BCUT2D eigenvalue weighted by molar-refractivity contribution is 8.13. The number of nitrogen functional groups attached to an aromatic ring is 1. The fraction of sp³-hybridized carbons (Fsp3) is 0.100. The summed E-state index contributed by atoms with van der Waals surface area (Å²) in [5, 5.41) is 39.2. The van der Waals surface area contributed by atoms with Crippen molar-refractivity contribution in [1.29, 1.82) is 0 Å². The summed E-state index contributed by atoms with van der Waals surface area (Å²) in [4.78, 5) is 19.7. The van der Waals surface area contributed by atoms with Crippen LogP contribution in [0.5, 0.6) is 23.0 Å². The van der Waals surface area contributed by atoms with Gasteiger partial charge < -0.3 is 24.7 Å². The second kappa shape index (κ2) is 23.6. The normalized spacial score (nSPS) is 10.2. The summed E-state index contributed by atoms with van der Waals surface area (Å²) in [6.45, 7) is 0. The van der Waals surface area contributed by atoms with Gasteiger partial charge in [0.1, 0.15) is 28.6 Å². The summed E-state index contributed by atoms with van der Waals surface area (Å²) in [5.41, 5.74) is 8.32. The van der Waals surface area contributed by atoms with Gasteiger partial charge in [0.05, 0.1) is 55.3 Å². The van der Waals surface area contributed by atoms with E-state index in [2.05, 4.69) is 30.2 Å². The van der Waals surface area contributed by atoms with E-state index in [0.717, 1.165) is 23.9 Å². The Hall–Kier alpha value is -8.31. The van der Waals surface area contributed by atoms with Gasteiger partial charge in [-0.3, -0.25) is 25.3 Å². The van der Waals surface area contributed by atoms with Crippen LogP contribution in [0.3, 0.4) is 0 Å². The predicted molar refractivity (Wildman–Crippen MR) is 233 cm³/mol. The number of nitrogens with two attached hydrogens (primary N) is 1. The van der Waals surface area contributed by atoms with Gasteiger partial charge in [-0.1, -0.05) is 0 Å². The maximum atomic E-state index is 12.7. The second-order valence-electron chi connectivity index (χ2n) is 12.0. The number of halogens is 2. The quantitative estimate of drug-likeness (QED) is 0.0594. The topological polar surface area (TPSA) is 266 Å². The number of ether oxygens (including phenoxy) is 4. The number of H-pyrrole nitrogens is 1. The molecule has 8 rings (SSSR count). The van der Waals surface area contributed by atoms with Crippen molar-refractivity contribution < 1.29 is 41.6 Å². The maximum Gasteiger partial charge on any atom is 0.273 e. The first-order valence-corrected chi connectivity index (χ1v) is 20.3. The Morgan fingerprint density at radius 3 is 1.45 bits per heavy atom. The molecule has 0 bridgehead atoms. The number of methoxy groups -OCH3 is 4. The Balaban J connectivity index is 0.000000181. The number of rotatable bonds is 10. The van der Waals surface area contributed by atoms with Crippen LogP contribution in [0.2, 0.25) is 0 Å². The van der Waals surface area contributed by atoms with Gasteiger partial charge in [0.25, 0.3) is 20.4 Å². The van der Waals surface area contributed by atoms with Crippen LogP contribution in [0.25, 0.3) is 17.1 Å². The number of aromatic amines is 1. The van der Waals surface area contributed by atoms with Crippen molar-refractivity contribution in [1.82, 2.24) is 39.5 Å². The van der Waals surface area contributed by atoms with E-state index in [1.54, 1.807) is 94.9 Å². The fourth-order valence-corrected chi connectivity index (χ4v) is 5.83. The second-order valence-corrected chi connectivity index (χ2v) is 14.6. The molecule has 0 amide bonds. The summed E-state index contributed by atoms with van der Waals surface area (Å²) in [5.74, 6) is 0.786. The van der Waals surface area contributed by atoms with E-state index >= 15 is 0 Å². The molecule has 0 fully saturated rings. The number of hydrogen-bond acceptors (Lipinski definition) is 15. The van der Waals surface area contributed by atoms with Gasteiger partial charge in [0.2, 0.25) is 0 Å². The van der Waals surface area contributed by atoms with Crippen LogP contribution in [0.15, 0.2) is 152 Å². The highest BCUT2D eigenvalue weighted by Gasteiger charge is 2.15. The highest BCUT2D eigenvalue weighted by Crippen LogP contribution is 2.29. The van der Waals surface area contributed by atoms with Crippen LogP contribution < -0.4 is 24.7 Å². The van der Waals surface area contributed by atoms with Gasteiger partial charge >= 0.3 is 0 Å². The number of nitrogens with one attached hydrogen (secondary N) is 1. The van der Waals surface area contributed by atoms with Gasteiger partial charge in [-0.25, -0.2) is 26.9 Å². The molecule has 4 aromatic heterocycles. The lowest BCUT2D eigenvalue weighted by Gasteiger charge is -2.09. The van der Waals surface area contributed by atoms with Gasteiger partial charge in [-0.2, -0.15) is 20.4 Å². The molecule has 0 aliphatic rings. The maximum absolute atomic E-state index is 12.7. The fourth-order valence-electron chi connectivity index (χ4n) is 5.06. The molecular formula is C40H39ClFN11O10S. The van der Waals surface area contributed by atoms with Crippen molar-refractivity contribution in [2.75, 3.05) is 34.2 Å². The molecule has 0 aliphatic heterocycles. The van der Waals surface area contributed by atoms with E-state index in [9.17, 15) is 33.0 Å². The van der Waals surface area contributed by atoms with Gasteiger partial charge in [-0.05, 0) is 60.7 Å². The standard InChI is InChI=1S/C10H9ClN2O3S.C10H9N3O3.C10H11N3O.C7H6FNO3.C3H4N2/c1-16-10-7-8(17(11,14)15)3-4-9(10)13-6-2-5-12-13;1-16-10-7-8(13(14)15)3-4-9(10)12-6-2-5-11-12;1-14-10-7-8(11)3-4-9(10)13-6-2-5-12-13;1-12-7-4-5(9(10)11)2-3-6(7)8;1-2-4-5-3-1/h2-7H,1H3;2-7H,1H3;2-7H,11H2,1H3;2-4H,1H3;1-3H,(H,4,5). The van der Waals surface area contributed by atoms with Crippen molar-refractivity contribution in [2.45, 2.75) is 4.90 Å². The Bertz CT molecular complexity index is 2780. The molecule has 0 spiro atoms. The lowest BCUT2D eigenvalue weighted by atomic mass is 10.2. The van der Waals surface area contributed by atoms with E-state index in [-0.39, 0.29) is 22.0 Å². The molecule has 0 radical (unpaired) electrons. The van der Waals surface area contributed by atoms with Crippen LogP contribution >= 0.6 is 10.7 Å². The third-order valence-corrected chi connectivity index (χ3v) is 9.37. The molecule has 8 aromatic rings. The molecule has 0 saturated carbocycles. The SMILES string of the molecule is COc1cc(N)ccc1-n1cccn1.COc1cc(S(=O)(=O)Cl)ccc1-n1cccn1.COc1cc([N+](=O)[O-])ccc1-n1cccn1.COc1cc([N+](=O)[O-])ccc1F.c1cn[nH]c1. The third kappa shape index (κ3) is 13.9. The van der Waals surface area contributed by atoms with Crippen LogP contribution in [0.4, 0.5) is 21.5 Å². The minimum atomic E-state index is -3.76. The van der Waals surface area contributed by atoms with Crippen LogP contribution in [-0.2, 0) is 9.05 Å². The monoisotopic (exact) mass is 919 g/mol. The van der Waals surface area contributed by atoms with Crippen molar-refractivity contribution in [3.8, 4) is 40.1 Å². The summed E-state index contributed by atoms with van der Waals surface area (Å²) < 4.78 is 59.9. The molecule has 4 aromatic carbocycles. The molecule has 334 valence electrons. The molecule has 0 atom stereocenters. The minimum absolute atomic E-state index is 0.00671. The number of hydrogen-bond donors (Lipinski definition) is 2. The summed E-state index contributed by atoms with van der Waals surface area (Å²) in [7, 11) is 7.28. The first-order valence-electron chi connectivity index (χ1n) is 18.0. The summed E-state index contributed by atoms with van der Waals surface area (Å²) in [6.07, 6.45) is 13.7. The smallest absolute Gasteiger partial charge is 0.273 e. The molecule has 0 aliphatic carbocycles. The number of aromatic nitrogens is 8. The van der Waals surface area contributed by atoms with Crippen LogP contribution in [0, 0.1) is 26.0 Å². The molecule has 21 nitrogen and oxygen atoms in total. The van der Waals surface area contributed by atoms with E-state index in [1.807, 2.05) is 30.5 Å². The Morgan fingerprint density at radius 1 is 0.625 bits per heavy atom. The molecular weight excluding hydrogens is 881 g/mol. The zero-order valence-electron chi connectivity index (χ0n) is 34.2. The number of nitro groups is 2. The van der Waals surface area contributed by atoms with Gasteiger partial charge in [0.15, 0.2) is 17.3 Å². The van der Waals surface area contributed by atoms with Crippen molar-refractivity contribution in [3.05, 3.63) is 173 Å². The van der Waals surface area contributed by atoms with Crippen molar-refractivity contribution in [3.63, 3.8) is 0 Å². The van der Waals surface area contributed by atoms with E-state index in [0.29, 0.717) is 34.3 Å². The molecule has 3 N–H and O–H groups in total. The summed E-state index contributed by atoms with van der Waals surface area (Å²) in [6, 6.07) is 24.5. The number of nitro benzene ring substituents is 2. The summed E-state index contributed by atoms with van der Waals surface area (Å²) >= 11 is 0. The van der Waals surface area contributed by atoms with Gasteiger partial charge in [-0.15, -0.1) is 0 Å². The molecule has 4 heterocycles. The lowest BCUT2D eigenvalue weighted by Crippen LogP contribution is -2.00. The number of anilines is 1. The minimum Gasteiger partial charge on any atom is -0.494 e.